The maximum Gasteiger partial charge on any atom is 0.337 e. The Kier molecular flexibility index (Phi) is 7.35. The number of aromatic carboxylic acids is 1. The first-order valence-electron chi connectivity index (χ1n) is 10.3. The van der Waals surface area contributed by atoms with Crippen LogP contribution >= 0.6 is 11.6 Å². The van der Waals surface area contributed by atoms with Crippen LogP contribution in [0.5, 0.6) is 0 Å². The smallest absolute Gasteiger partial charge is 0.337 e. The fourth-order valence-electron chi connectivity index (χ4n) is 3.86. The Morgan fingerprint density at radius 2 is 1.70 bits per heavy atom. The summed E-state index contributed by atoms with van der Waals surface area (Å²) in [7, 11) is 0. The number of nitrogens with zero attached hydrogens (tertiary/aromatic N) is 1. The number of nitrogens with one attached hydrogen (secondary N) is 1. The van der Waals surface area contributed by atoms with Crippen LogP contribution in [0.25, 0.3) is 0 Å². The van der Waals surface area contributed by atoms with Crippen molar-refractivity contribution >= 4 is 17.6 Å². The van der Waals surface area contributed by atoms with E-state index in [0.29, 0.717) is 23.7 Å². The van der Waals surface area contributed by atoms with Gasteiger partial charge in [0.05, 0.1) is 5.56 Å². The molecule has 0 fully saturated rings. The van der Waals surface area contributed by atoms with E-state index in [2.05, 4.69) is 41.1 Å². The molecule has 0 aliphatic rings. The summed E-state index contributed by atoms with van der Waals surface area (Å²) in [6.45, 7) is 7.20. The molecule has 0 amide bonds. The number of carboxylic acid groups (broad SMARTS) is 1. The van der Waals surface area contributed by atoms with Gasteiger partial charge in [0.2, 0.25) is 0 Å². The lowest BCUT2D eigenvalue weighted by Crippen LogP contribution is -2.27. The van der Waals surface area contributed by atoms with E-state index in [4.69, 9.17) is 11.6 Å². The van der Waals surface area contributed by atoms with Crippen molar-refractivity contribution in [1.29, 1.82) is 0 Å². The molecule has 0 radical (unpaired) electrons. The summed E-state index contributed by atoms with van der Waals surface area (Å²) in [5.74, 6) is -0.876. The number of rotatable bonds is 9. The number of hydrogen-bond acceptors (Lipinski definition) is 2. The molecule has 0 spiro atoms. The second-order valence-electron chi connectivity index (χ2n) is 7.85. The van der Waals surface area contributed by atoms with E-state index in [1.54, 1.807) is 0 Å². The van der Waals surface area contributed by atoms with E-state index in [-0.39, 0.29) is 6.04 Å². The first kappa shape index (κ1) is 22.1. The van der Waals surface area contributed by atoms with Gasteiger partial charge in [-0.25, -0.2) is 4.79 Å². The highest BCUT2D eigenvalue weighted by molar-refractivity contribution is 6.30. The van der Waals surface area contributed by atoms with E-state index in [1.165, 1.54) is 5.56 Å². The van der Waals surface area contributed by atoms with Crippen molar-refractivity contribution < 1.29 is 9.90 Å². The third kappa shape index (κ3) is 5.32. The van der Waals surface area contributed by atoms with Gasteiger partial charge in [-0.05, 0) is 56.9 Å². The van der Waals surface area contributed by atoms with Crippen LogP contribution in [0.4, 0.5) is 0 Å². The number of hydrogen-bond donors (Lipinski definition) is 2. The molecule has 5 heteroatoms. The Morgan fingerprint density at radius 3 is 2.33 bits per heavy atom. The maximum absolute atomic E-state index is 12.0. The quantitative estimate of drug-likeness (QED) is 0.469. The molecule has 1 atom stereocenters. The van der Waals surface area contributed by atoms with Crippen LogP contribution in [0.3, 0.4) is 0 Å². The Labute approximate surface area is 183 Å². The van der Waals surface area contributed by atoms with Gasteiger partial charge < -0.3 is 15.0 Å². The summed E-state index contributed by atoms with van der Waals surface area (Å²) in [6.07, 6.45) is 1.99. The lowest BCUT2D eigenvalue weighted by molar-refractivity contribution is 0.0694. The van der Waals surface area contributed by atoms with Gasteiger partial charge in [0.15, 0.2) is 0 Å². The number of aromatic nitrogens is 1. The monoisotopic (exact) mass is 424 g/mol. The van der Waals surface area contributed by atoms with Crippen LogP contribution in [0.15, 0.2) is 54.6 Å². The average molecular weight is 425 g/mol. The predicted molar refractivity (Wildman–Crippen MR) is 122 cm³/mol. The third-order valence-corrected chi connectivity index (χ3v) is 5.97. The molecule has 0 aliphatic carbocycles. The van der Waals surface area contributed by atoms with Crippen LogP contribution in [-0.4, -0.2) is 21.7 Å². The minimum atomic E-state index is -0.876. The van der Waals surface area contributed by atoms with E-state index in [9.17, 15) is 9.90 Å². The summed E-state index contributed by atoms with van der Waals surface area (Å²) in [5.41, 5.74) is 5.45. The molecule has 0 aliphatic heterocycles. The van der Waals surface area contributed by atoms with Gasteiger partial charge in [0.1, 0.15) is 0 Å². The molecule has 1 aromatic heterocycles. The van der Waals surface area contributed by atoms with E-state index < -0.39 is 5.97 Å². The van der Waals surface area contributed by atoms with Crippen molar-refractivity contribution in [2.45, 2.75) is 52.7 Å². The van der Waals surface area contributed by atoms with Crippen molar-refractivity contribution in [2.24, 2.45) is 0 Å². The molecule has 0 unspecified atom stereocenters. The summed E-state index contributed by atoms with van der Waals surface area (Å²) < 4.78 is 2.08. The summed E-state index contributed by atoms with van der Waals surface area (Å²) in [5, 5.41) is 14.1. The summed E-state index contributed by atoms with van der Waals surface area (Å²) in [6, 6.07) is 18.4. The van der Waals surface area contributed by atoms with Gasteiger partial charge in [-0.3, -0.25) is 0 Å². The van der Waals surface area contributed by atoms with Gasteiger partial charge in [-0.15, -0.1) is 0 Å². The Morgan fingerprint density at radius 1 is 1.03 bits per heavy atom. The van der Waals surface area contributed by atoms with Crippen molar-refractivity contribution in [3.05, 3.63) is 93.3 Å². The Balaban J connectivity index is 1.73. The lowest BCUT2D eigenvalue weighted by atomic mass is 10.1. The van der Waals surface area contributed by atoms with Crippen molar-refractivity contribution in [1.82, 2.24) is 9.88 Å². The van der Waals surface area contributed by atoms with Gasteiger partial charge in [-0.2, -0.15) is 0 Å². The molecule has 4 nitrogen and oxygen atoms in total. The lowest BCUT2D eigenvalue weighted by Gasteiger charge is -2.15. The molecular formula is C25H29ClN2O2. The van der Waals surface area contributed by atoms with Crippen molar-refractivity contribution in [3.8, 4) is 0 Å². The number of carboxylic acids is 1. The number of halogens is 1. The Bertz CT molecular complexity index is 994. The topological polar surface area (TPSA) is 54.3 Å². The molecule has 30 heavy (non-hydrogen) atoms. The Hall–Kier alpha value is -2.56. The fraction of sp³-hybridized carbons (Fsp3) is 0.320. The van der Waals surface area contributed by atoms with Crippen LogP contribution in [0, 0.1) is 13.8 Å². The first-order chi connectivity index (χ1) is 14.4. The van der Waals surface area contributed by atoms with E-state index >= 15 is 0 Å². The zero-order valence-corrected chi connectivity index (χ0v) is 18.5. The molecule has 2 aromatic carbocycles. The second-order valence-corrected chi connectivity index (χ2v) is 8.28. The van der Waals surface area contributed by atoms with Crippen molar-refractivity contribution in [2.75, 3.05) is 0 Å². The predicted octanol–water partition coefficient (Wildman–Crippen LogP) is 5.62. The van der Waals surface area contributed by atoms with Gasteiger partial charge >= 0.3 is 5.97 Å². The van der Waals surface area contributed by atoms with Crippen LogP contribution in [0.1, 0.15) is 51.8 Å². The molecule has 0 saturated carbocycles. The number of benzene rings is 2. The molecule has 3 aromatic rings. The van der Waals surface area contributed by atoms with E-state index in [1.807, 2.05) is 44.2 Å². The first-order valence-corrected chi connectivity index (χ1v) is 10.7. The van der Waals surface area contributed by atoms with Gasteiger partial charge in [0.25, 0.3) is 0 Å². The number of aryl methyl sites for hydroxylation is 1. The normalized spacial score (nSPS) is 12.1. The molecular weight excluding hydrogens is 396 g/mol. The maximum atomic E-state index is 12.0. The zero-order valence-electron chi connectivity index (χ0n) is 17.8. The average Bonchev–Trinajstić information content (AvgIpc) is 2.97. The van der Waals surface area contributed by atoms with Crippen molar-refractivity contribution in [3.63, 3.8) is 0 Å². The SMILES string of the molecule is Cc1c(CN[C@H](C)CCc2ccccc2)c(C(=O)O)c(C)n1Cc1ccc(Cl)cc1. The fourth-order valence-corrected chi connectivity index (χ4v) is 3.99. The molecule has 1 heterocycles. The minimum Gasteiger partial charge on any atom is -0.478 e. The molecule has 3 rings (SSSR count). The second kappa shape index (κ2) is 9.96. The summed E-state index contributed by atoms with van der Waals surface area (Å²) in [4.78, 5) is 12.0. The summed E-state index contributed by atoms with van der Waals surface area (Å²) >= 11 is 5.99. The largest absolute Gasteiger partial charge is 0.478 e. The minimum absolute atomic E-state index is 0.283. The van der Waals surface area contributed by atoms with Crippen LogP contribution in [0.2, 0.25) is 5.02 Å². The molecule has 158 valence electrons. The van der Waals surface area contributed by atoms with Crippen LogP contribution in [-0.2, 0) is 19.5 Å². The molecule has 0 saturated heterocycles. The van der Waals surface area contributed by atoms with E-state index in [0.717, 1.165) is 35.4 Å². The van der Waals surface area contributed by atoms with Gasteiger partial charge in [0, 0.05) is 41.1 Å². The third-order valence-electron chi connectivity index (χ3n) is 5.71. The number of carbonyl (C=O) groups is 1. The highest BCUT2D eigenvalue weighted by Gasteiger charge is 2.22. The zero-order chi connectivity index (χ0) is 21.7. The van der Waals surface area contributed by atoms with Gasteiger partial charge in [-0.1, -0.05) is 54.1 Å². The molecule has 0 bridgehead atoms. The highest BCUT2D eigenvalue weighted by atomic mass is 35.5. The highest BCUT2D eigenvalue weighted by Crippen LogP contribution is 2.24. The van der Waals surface area contributed by atoms with Crippen LogP contribution < -0.4 is 5.32 Å². The standard InChI is InChI=1S/C25H29ClN2O2/c1-17(9-10-20-7-5-4-6-8-20)27-15-23-18(2)28(19(3)24(23)25(29)30)16-21-11-13-22(26)14-12-21/h4-8,11-14,17,27H,9-10,15-16H2,1-3H3,(H,29,30)/t17-/m1/s1. The molecule has 2 N–H and O–H groups in total.